The quantitative estimate of drug-likeness (QED) is 0.107. The van der Waals surface area contributed by atoms with E-state index < -0.39 is 6.09 Å². The summed E-state index contributed by atoms with van der Waals surface area (Å²) in [5.74, 6) is 0.816. The number of para-hydroxylation sites is 1. The van der Waals surface area contributed by atoms with Crippen LogP contribution in [0.3, 0.4) is 0 Å². The smallest absolute Gasteiger partial charge is 0.410 e. The number of aromatic nitrogens is 4. The summed E-state index contributed by atoms with van der Waals surface area (Å²) in [6, 6.07) is 42.1. The number of imidazole rings is 2. The molecule has 14 nitrogen and oxygen atoms in total. The molecule has 2 aliphatic carbocycles. The zero-order chi connectivity index (χ0) is 49.6. The summed E-state index contributed by atoms with van der Waals surface area (Å²) in [5, 5.41) is 0. The standard InChI is InChI=1S/C25H28N4O3.C24H19N3O4.C8H16/c1-28(22-13-6-3-7-14-22)25(31)29-16-23(26-18-29)20-11-8-12-21(15-20)24(30)27-32-17-19-9-4-2-5-10-19;28-23(26-30-16-18-8-3-1-4-9-18)20-11-7-10-19(14-20)22-15-27(17-25-22)24(29)31-21-12-5-2-6-13-21;1-2-8-6-4-3-5-7-8/h2,4-5,8-12,15-16,18,22H,3,6-7,13-14,17H2,1H3,(H,27,30);1-15,17H,16H2,(H,26,28);8H,2-7H2,1H3. The van der Waals surface area contributed by atoms with Gasteiger partial charge in [-0.3, -0.25) is 23.8 Å². The number of carbonyl (C=O) groups is 4. The Bertz CT molecular complexity index is 2750. The van der Waals surface area contributed by atoms with E-state index in [-0.39, 0.29) is 37.1 Å². The Labute approximate surface area is 415 Å². The number of nitrogens with one attached hydrogen (secondary N) is 2. The Balaban J connectivity index is 0.000000180. The van der Waals surface area contributed by atoms with Crippen molar-refractivity contribution in [2.24, 2.45) is 5.92 Å². The van der Waals surface area contributed by atoms with Crippen LogP contribution in [0.4, 0.5) is 9.59 Å². The maximum atomic E-state index is 12.9. The lowest BCUT2D eigenvalue weighted by Crippen LogP contribution is -2.40. The van der Waals surface area contributed by atoms with E-state index in [1.54, 1.807) is 79.1 Å². The third kappa shape index (κ3) is 15.7. The largest absolute Gasteiger partial charge is 0.424 e. The van der Waals surface area contributed by atoms with Gasteiger partial charge in [0.25, 0.3) is 11.8 Å². The molecule has 0 atom stereocenters. The van der Waals surface area contributed by atoms with E-state index in [1.165, 1.54) is 79.6 Å². The monoisotopic (exact) mass is 957 g/mol. The van der Waals surface area contributed by atoms with Gasteiger partial charge in [-0.25, -0.2) is 35.1 Å². The van der Waals surface area contributed by atoms with E-state index >= 15 is 0 Å². The molecule has 2 N–H and O–H groups in total. The van der Waals surface area contributed by atoms with Gasteiger partial charge in [0.15, 0.2) is 0 Å². The van der Waals surface area contributed by atoms with E-state index in [4.69, 9.17) is 14.4 Å². The Morgan fingerprint density at radius 1 is 0.577 bits per heavy atom. The van der Waals surface area contributed by atoms with Crippen molar-refractivity contribution < 1.29 is 33.6 Å². The van der Waals surface area contributed by atoms with Crippen LogP contribution in [-0.4, -0.2) is 61.0 Å². The number of benzene rings is 5. The molecule has 2 aromatic heterocycles. The molecule has 3 amide bonds. The molecule has 368 valence electrons. The van der Waals surface area contributed by atoms with E-state index in [2.05, 4.69) is 27.9 Å². The maximum absolute atomic E-state index is 12.9. The van der Waals surface area contributed by atoms with Gasteiger partial charge in [-0.15, -0.1) is 0 Å². The van der Waals surface area contributed by atoms with Gasteiger partial charge in [0.05, 0.1) is 24.6 Å². The Morgan fingerprint density at radius 2 is 1.04 bits per heavy atom. The highest BCUT2D eigenvalue weighted by Crippen LogP contribution is 2.26. The van der Waals surface area contributed by atoms with Crippen LogP contribution in [0.25, 0.3) is 22.5 Å². The minimum Gasteiger partial charge on any atom is -0.410 e. The summed E-state index contributed by atoms with van der Waals surface area (Å²) in [6.07, 6.45) is 20.2. The summed E-state index contributed by atoms with van der Waals surface area (Å²) >= 11 is 0. The molecule has 14 heteroatoms. The average Bonchev–Trinajstić information content (AvgIpc) is 4.15. The first-order valence-electron chi connectivity index (χ1n) is 24.5. The maximum Gasteiger partial charge on any atom is 0.424 e. The fraction of sp³-hybridized carbons (Fsp3) is 0.298. The lowest BCUT2D eigenvalue weighted by Gasteiger charge is -2.31. The Kier molecular flexibility index (Phi) is 19.4. The average molecular weight is 958 g/mol. The van der Waals surface area contributed by atoms with Gasteiger partial charge in [-0.1, -0.05) is 168 Å². The van der Waals surface area contributed by atoms with Crippen molar-refractivity contribution in [3.05, 3.63) is 187 Å². The second-order valence-electron chi connectivity index (χ2n) is 17.7. The predicted molar refractivity (Wildman–Crippen MR) is 273 cm³/mol. The number of amides is 3. The number of hydrogen-bond donors (Lipinski definition) is 2. The zero-order valence-corrected chi connectivity index (χ0v) is 40.5. The van der Waals surface area contributed by atoms with E-state index in [9.17, 15) is 19.2 Å². The third-order valence-corrected chi connectivity index (χ3v) is 12.6. The molecule has 2 saturated carbocycles. The molecule has 0 spiro atoms. The van der Waals surface area contributed by atoms with Crippen molar-refractivity contribution >= 4 is 23.9 Å². The summed E-state index contributed by atoms with van der Waals surface area (Å²) in [6.45, 7) is 2.86. The first kappa shape index (κ1) is 51.2. The van der Waals surface area contributed by atoms with Gasteiger partial charge in [0, 0.05) is 47.7 Å². The lowest BCUT2D eigenvalue weighted by atomic mass is 9.88. The van der Waals surface area contributed by atoms with Gasteiger partial charge in [0.1, 0.15) is 18.4 Å². The third-order valence-electron chi connectivity index (χ3n) is 12.6. The minimum absolute atomic E-state index is 0.0844. The van der Waals surface area contributed by atoms with E-state index in [0.29, 0.717) is 33.8 Å². The Hall–Kier alpha value is -7.68. The van der Waals surface area contributed by atoms with Gasteiger partial charge in [-0.2, -0.15) is 0 Å². The van der Waals surface area contributed by atoms with Crippen LogP contribution < -0.4 is 15.7 Å². The fourth-order valence-corrected chi connectivity index (χ4v) is 8.47. The van der Waals surface area contributed by atoms with Crippen molar-refractivity contribution in [2.75, 3.05) is 7.05 Å². The molecule has 0 aliphatic heterocycles. The fourth-order valence-electron chi connectivity index (χ4n) is 8.47. The number of carbonyl (C=O) groups excluding carboxylic acids is 4. The molecule has 0 bridgehead atoms. The molecule has 5 aromatic carbocycles. The normalized spacial score (nSPS) is 13.6. The van der Waals surface area contributed by atoms with Gasteiger partial charge in [-0.05, 0) is 66.3 Å². The number of nitrogens with zero attached hydrogens (tertiary/aromatic N) is 5. The van der Waals surface area contributed by atoms with Crippen LogP contribution in [0.15, 0.2) is 165 Å². The van der Waals surface area contributed by atoms with Gasteiger partial charge < -0.3 is 9.64 Å². The molecule has 0 radical (unpaired) electrons. The Morgan fingerprint density at radius 3 is 1.54 bits per heavy atom. The number of rotatable bonds is 13. The second-order valence-corrected chi connectivity index (χ2v) is 17.7. The summed E-state index contributed by atoms with van der Waals surface area (Å²) in [4.78, 5) is 71.1. The topological polar surface area (TPSA) is 159 Å². The number of ether oxygens (including phenoxy) is 1. The van der Waals surface area contributed by atoms with Crippen LogP contribution >= 0.6 is 0 Å². The SMILES string of the molecule is CCC1CCCCC1.CN(C(=O)n1cnc(-c2cccc(C(=O)NOCc3ccccc3)c2)c1)C1CCCCC1.O=C(NOCc1ccccc1)c1cccc(-c2cn(C(=O)Oc3ccccc3)cn2)c1. The lowest BCUT2D eigenvalue weighted by molar-refractivity contribution is 0.0231. The van der Waals surface area contributed by atoms with Crippen LogP contribution in [-0.2, 0) is 22.9 Å². The van der Waals surface area contributed by atoms with E-state index in [0.717, 1.165) is 35.4 Å². The highest BCUT2D eigenvalue weighted by Gasteiger charge is 2.24. The molecule has 2 heterocycles. The molecule has 0 saturated heterocycles. The summed E-state index contributed by atoms with van der Waals surface area (Å²) in [7, 11) is 1.86. The van der Waals surface area contributed by atoms with Crippen LogP contribution in [0.1, 0.15) is 109 Å². The number of hydrogen-bond acceptors (Lipinski definition) is 9. The van der Waals surface area contributed by atoms with Crippen molar-refractivity contribution in [1.29, 1.82) is 0 Å². The van der Waals surface area contributed by atoms with Crippen LogP contribution in [0, 0.1) is 5.92 Å². The molecule has 2 aliphatic rings. The predicted octanol–water partition coefficient (Wildman–Crippen LogP) is 12.1. The molecule has 7 aromatic rings. The molecular weight excluding hydrogens is 895 g/mol. The number of hydroxylamine groups is 2. The van der Waals surface area contributed by atoms with Crippen LogP contribution in [0.2, 0.25) is 0 Å². The molecule has 0 unspecified atom stereocenters. The first-order chi connectivity index (χ1) is 34.7. The summed E-state index contributed by atoms with van der Waals surface area (Å²) < 4.78 is 8.06. The molecule has 9 rings (SSSR count). The molecule has 2 fully saturated rings. The highest BCUT2D eigenvalue weighted by molar-refractivity contribution is 5.95. The first-order valence-corrected chi connectivity index (χ1v) is 24.5. The summed E-state index contributed by atoms with van der Waals surface area (Å²) in [5.41, 5.74) is 10.3. The highest BCUT2D eigenvalue weighted by atomic mass is 16.7. The van der Waals surface area contributed by atoms with Crippen molar-refractivity contribution in [1.82, 2.24) is 35.0 Å². The molecule has 71 heavy (non-hydrogen) atoms. The van der Waals surface area contributed by atoms with Crippen molar-refractivity contribution in [2.45, 2.75) is 96.8 Å². The van der Waals surface area contributed by atoms with Crippen molar-refractivity contribution in [3.63, 3.8) is 0 Å². The van der Waals surface area contributed by atoms with E-state index in [1.807, 2.05) is 84.7 Å². The van der Waals surface area contributed by atoms with Gasteiger partial charge in [0.2, 0.25) is 0 Å². The van der Waals surface area contributed by atoms with Gasteiger partial charge >= 0.3 is 12.1 Å². The second kappa shape index (κ2) is 26.9. The zero-order valence-electron chi connectivity index (χ0n) is 40.5. The molecular formula is C57H63N7O7. The van der Waals surface area contributed by atoms with Crippen LogP contribution in [0.5, 0.6) is 5.75 Å². The minimum atomic E-state index is -0.576. The van der Waals surface area contributed by atoms with Crippen molar-refractivity contribution in [3.8, 4) is 28.3 Å².